The van der Waals surface area contributed by atoms with Crippen molar-refractivity contribution in [2.24, 2.45) is 0 Å². The first-order valence-corrected chi connectivity index (χ1v) is 9.83. The highest BCUT2D eigenvalue weighted by Gasteiger charge is 2.41. The molecule has 0 amide bonds. The summed E-state index contributed by atoms with van der Waals surface area (Å²) in [6.45, 7) is 2.40. The van der Waals surface area contributed by atoms with Crippen LogP contribution in [0.15, 0.2) is 52.0 Å². The van der Waals surface area contributed by atoms with E-state index in [4.69, 9.17) is 9.26 Å². The van der Waals surface area contributed by atoms with Crippen LogP contribution < -0.4 is 4.74 Å². The van der Waals surface area contributed by atoms with E-state index in [-0.39, 0.29) is 23.9 Å². The van der Waals surface area contributed by atoms with Crippen molar-refractivity contribution in [3.8, 4) is 17.3 Å². The lowest BCUT2D eigenvalue weighted by Crippen LogP contribution is -2.48. The van der Waals surface area contributed by atoms with Gasteiger partial charge in [-0.1, -0.05) is 17.3 Å². The van der Waals surface area contributed by atoms with Crippen LogP contribution in [0.3, 0.4) is 0 Å². The second kappa shape index (κ2) is 6.75. The first-order chi connectivity index (χ1) is 13.0. The fraction of sp³-hybridized carbons (Fsp3) is 0.278. The molecule has 0 radical (unpaired) electrons. The Bertz CT molecular complexity index is 1060. The summed E-state index contributed by atoms with van der Waals surface area (Å²) in [4.78, 5) is 8.70. The highest BCUT2D eigenvalue weighted by molar-refractivity contribution is 7.89. The number of sulfonamides is 1. The minimum Gasteiger partial charge on any atom is -0.495 e. The molecule has 3 aromatic rings. The van der Waals surface area contributed by atoms with Crippen LogP contribution in [-0.2, 0) is 10.0 Å². The highest BCUT2D eigenvalue weighted by atomic mass is 32.2. The molecule has 0 atom stereocenters. The fourth-order valence-electron chi connectivity index (χ4n) is 2.92. The molecule has 27 heavy (non-hydrogen) atoms. The Hall–Kier alpha value is -2.78. The summed E-state index contributed by atoms with van der Waals surface area (Å²) < 4.78 is 37.7. The third kappa shape index (κ3) is 3.19. The second-order valence-electron chi connectivity index (χ2n) is 6.34. The number of rotatable bonds is 5. The van der Waals surface area contributed by atoms with Crippen molar-refractivity contribution in [3.63, 3.8) is 0 Å². The molecular weight excluding hydrogens is 368 g/mol. The van der Waals surface area contributed by atoms with Crippen molar-refractivity contribution in [3.05, 3.63) is 54.0 Å². The van der Waals surface area contributed by atoms with Gasteiger partial charge in [-0.15, -0.1) is 0 Å². The minimum absolute atomic E-state index is 0.138. The molecule has 1 saturated heterocycles. The van der Waals surface area contributed by atoms with Crippen molar-refractivity contribution in [1.29, 1.82) is 0 Å². The van der Waals surface area contributed by atoms with Crippen LogP contribution >= 0.6 is 0 Å². The molecule has 1 aliphatic heterocycles. The number of ether oxygens (including phenoxy) is 1. The van der Waals surface area contributed by atoms with Crippen LogP contribution in [0.1, 0.15) is 17.4 Å². The number of hydrogen-bond acceptors (Lipinski definition) is 7. The predicted molar refractivity (Wildman–Crippen MR) is 96.8 cm³/mol. The SMILES string of the molecule is COc1ccc(C)cc1S(=O)(=O)N1CC(c2nc(-c3ccccn3)no2)C1. The topological polar surface area (TPSA) is 98.4 Å². The predicted octanol–water partition coefficient (Wildman–Crippen LogP) is 2.24. The summed E-state index contributed by atoms with van der Waals surface area (Å²) in [6, 6.07) is 10.5. The van der Waals surface area contributed by atoms with Crippen LogP contribution in [0.5, 0.6) is 5.75 Å². The maximum absolute atomic E-state index is 12.9. The van der Waals surface area contributed by atoms with Crippen LogP contribution in [0.4, 0.5) is 0 Å². The lowest BCUT2D eigenvalue weighted by Gasteiger charge is -2.36. The Labute approximate surface area is 156 Å². The summed E-state index contributed by atoms with van der Waals surface area (Å²) >= 11 is 0. The summed E-state index contributed by atoms with van der Waals surface area (Å²) in [6.07, 6.45) is 1.65. The molecule has 0 saturated carbocycles. The lowest BCUT2D eigenvalue weighted by molar-refractivity contribution is 0.216. The van der Waals surface area contributed by atoms with Crippen molar-refractivity contribution in [2.45, 2.75) is 17.7 Å². The van der Waals surface area contributed by atoms with Gasteiger partial charge in [0.05, 0.1) is 13.0 Å². The highest BCUT2D eigenvalue weighted by Crippen LogP contribution is 2.35. The van der Waals surface area contributed by atoms with Crippen molar-refractivity contribution < 1.29 is 17.7 Å². The van der Waals surface area contributed by atoms with E-state index in [0.29, 0.717) is 23.2 Å². The van der Waals surface area contributed by atoms with Crippen molar-refractivity contribution >= 4 is 10.0 Å². The van der Waals surface area contributed by atoms with Crippen molar-refractivity contribution in [1.82, 2.24) is 19.4 Å². The van der Waals surface area contributed by atoms with Gasteiger partial charge >= 0.3 is 0 Å². The number of benzene rings is 1. The molecule has 3 heterocycles. The van der Waals surface area contributed by atoms with E-state index in [9.17, 15) is 8.42 Å². The van der Waals surface area contributed by atoms with Gasteiger partial charge in [0, 0.05) is 19.3 Å². The van der Waals surface area contributed by atoms with Gasteiger partial charge in [0.1, 0.15) is 16.3 Å². The quantitative estimate of drug-likeness (QED) is 0.663. The molecule has 0 spiro atoms. The second-order valence-corrected chi connectivity index (χ2v) is 8.25. The Morgan fingerprint density at radius 2 is 2.04 bits per heavy atom. The molecule has 2 aromatic heterocycles. The van der Waals surface area contributed by atoms with Gasteiger partial charge in [-0.05, 0) is 36.8 Å². The molecule has 1 fully saturated rings. The molecule has 0 bridgehead atoms. The first-order valence-electron chi connectivity index (χ1n) is 8.39. The third-order valence-electron chi connectivity index (χ3n) is 4.47. The van der Waals surface area contributed by atoms with Crippen LogP contribution in [-0.4, -0.2) is 48.0 Å². The minimum atomic E-state index is -3.65. The van der Waals surface area contributed by atoms with Gasteiger partial charge in [-0.3, -0.25) is 4.98 Å². The van der Waals surface area contributed by atoms with Gasteiger partial charge in [-0.25, -0.2) is 8.42 Å². The Kier molecular flexibility index (Phi) is 4.40. The molecule has 140 valence electrons. The van der Waals surface area contributed by atoms with Gasteiger partial charge < -0.3 is 9.26 Å². The zero-order valence-corrected chi connectivity index (χ0v) is 15.7. The van der Waals surface area contributed by atoms with E-state index in [1.165, 1.54) is 11.4 Å². The number of aromatic nitrogens is 3. The molecule has 0 N–H and O–H groups in total. The largest absolute Gasteiger partial charge is 0.495 e. The smallest absolute Gasteiger partial charge is 0.246 e. The molecule has 9 heteroatoms. The summed E-state index contributed by atoms with van der Waals surface area (Å²) in [5.41, 5.74) is 1.46. The summed E-state index contributed by atoms with van der Waals surface area (Å²) in [5, 5.41) is 3.94. The normalized spacial score (nSPS) is 15.5. The Morgan fingerprint density at radius 1 is 1.22 bits per heavy atom. The Balaban J connectivity index is 1.51. The standard InChI is InChI=1S/C18H18N4O4S/c1-12-6-7-15(25-2)16(9-12)27(23,24)22-10-13(11-22)18-20-17(21-26-18)14-5-3-4-8-19-14/h3-9,13H,10-11H2,1-2H3. The zero-order chi connectivity index (χ0) is 19.0. The molecule has 0 unspecified atom stereocenters. The number of aryl methyl sites for hydroxylation is 1. The van der Waals surface area contributed by atoms with Crippen LogP contribution in [0.2, 0.25) is 0 Å². The van der Waals surface area contributed by atoms with Gasteiger partial charge in [-0.2, -0.15) is 9.29 Å². The summed E-state index contributed by atoms with van der Waals surface area (Å²) in [7, 11) is -2.19. The van der Waals surface area contributed by atoms with E-state index in [1.54, 1.807) is 30.5 Å². The molecular formula is C18H18N4O4S. The average Bonchev–Trinajstić information content (AvgIpc) is 3.10. The van der Waals surface area contributed by atoms with Gasteiger partial charge in [0.15, 0.2) is 0 Å². The molecule has 1 aromatic carbocycles. The number of hydrogen-bond donors (Lipinski definition) is 0. The number of nitrogens with zero attached hydrogens (tertiary/aromatic N) is 4. The van der Waals surface area contributed by atoms with E-state index in [1.807, 2.05) is 19.1 Å². The van der Waals surface area contributed by atoms with Crippen LogP contribution in [0, 0.1) is 6.92 Å². The van der Waals surface area contributed by atoms with E-state index >= 15 is 0 Å². The van der Waals surface area contributed by atoms with Gasteiger partial charge in [0.2, 0.25) is 21.7 Å². The monoisotopic (exact) mass is 386 g/mol. The first kappa shape index (κ1) is 17.6. The third-order valence-corrected chi connectivity index (χ3v) is 6.32. The van der Waals surface area contributed by atoms with Crippen LogP contribution in [0.25, 0.3) is 11.5 Å². The maximum Gasteiger partial charge on any atom is 0.246 e. The lowest BCUT2D eigenvalue weighted by atomic mass is 10.0. The van der Waals surface area contributed by atoms with Gasteiger partial charge in [0.25, 0.3) is 0 Å². The summed E-state index contributed by atoms with van der Waals surface area (Å²) in [5.74, 6) is 1.00. The van der Waals surface area contributed by atoms with E-state index in [0.717, 1.165) is 5.56 Å². The van der Waals surface area contributed by atoms with E-state index < -0.39 is 10.0 Å². The van der Waals surface area contributed by atoms with E-state index in [2.05, 4.69) is 15.1 Å². The number of methoxy groups -OCH3 is 1. The Morgan fingerprint density at radius 3 is 2.74 bits per heavy atom. The van der Waals surface area contributed by atoms with Crippen molar-refractivity contribution in [2.75, 3.05) is 20.2 Å². The number of pyridine rings is 1. The molecule has 1 aliphatic rings. The zero-order valence-electron chi connectivity index (χ0n) is 14.9. The molecule has 0 aliphatic carbocycles. The average molecular weight is 386 g/mol. The molecule has 8 nitrogen and oxygen atoms in total. The maximum atomic E-state index is 12.9. The molecule has 4 rings (SSSR count). The fourth-order valence-corrected chi connectivity index (χ4v) is 4.69.